The molecule has 0 radical (unpaired) electrons. The fourth-order valence-corrected chi connectivity index (χ4v) is 3.48. The normalized spacial score (nSPS) is 55.3. The van der Waals surface area contributed by atoms with Crippen LogP contribution in [-0.2, 0) is 0 Å². The molecule has 0 bridgehead atoms. The van der Waals surface area contributed by atoms with E-state index < -0.39 is 11.9 Å². The molecule has 0 spiro atoms. The molecule has 1 rings (SSSR count). The van der Waals surface area contributed by atoms with Gasteiger partial charge in [0.25, 0.3) is 0 Å². The molecular weight excluding hydrogens is 338 g/mol. The lowest BCUT2D eigenvalue weighted by Gasteiger charge is -1.92. The molecule has 2 atom stereocenters. The highest BCUT2D eigenvalue weighted by Gasteiger charge is 2.86. The minimum absolute atomic E-state index is 0.961. The third-order valence-electron chi connectivity index (χ3n) is 1.12. The van der Waals surface area contributed by atoms with Gasteiger partial charge in [-0.15, -0.1) is 23.2 Å². The van der Waals surface area contributed by atoms with E-state index in [9.17, 15) is 0 Å². The summed E-state index contributed by atoms with van der Waals surface area (Å²) in [6, 6.07) is 0. The van der Waals surface area contributed by atoms with Crippen molar-refractivity contribution in [3.63, 3.8) is 0 Å². The van der Waals surface area contributed by atoms with Crippen molar-refractivity contribution in [3.8, 4) is 0 Å². The Hall–Kier alpha value is 2.12. The highest BCUT2D eigenvalue weighted by Crippen LogP contribution is 2.78. The van der Waals surface area contributed by atoms with Crippen LogP contribution >= 0.6 is 78.3 Å². The van der Waals surface area contributed by atoms with E-state index in [1.165, 1.54) is 0 Å². The molecule has 0 nitrogen and oxygen atoms in total. The molecule has 0 saturated heterocycles. The Kier molecular flexibility index (Phi) is 2.13. The van der Waals surface area contributed by atoms with E-state index in [-0.39, 0.29) is 0 Å². The minimum atomic E-state index is -1.15. The molecule has 0 aromatic heterocycles. The molecule has 1 aliphatic rings. The van der Waals surface area contributed by atoms with E-state index >= 15 is 0 Å². The summed E-state index contributed by atoms with van der Waals surface area (Å²) in [4.78, 5) is 0. The third kappa shape index (κ3) is 0.907. The maximum atomic E-state index is 5.70. The number of hydrogen-bond donors (Lipinski definition) is 0. The van der Waals surface area contributed by atoms with Crippen LogP contribution in [0.4, 0.5) is 0 Å². The van der Waals surface area contributed by atoms with Gasteiger partial charge in [-0.05, 0) is 0 Å². The van der Waals surface area contributed by atoms with Crippen molar-refractivity contribution >= 4 is 78.3 Å². The van der Waals surface area contributed by atoms with Crippen molar-refractivity contribution < 1.29 is 0 Å². The van der Waals surface area contributed by atoms with E-state index in [1.54, 1.807) is 0 Å². The molecule has 0 N–H and O–H groups in total. The predicted octanol–water partition coefficient (Wildman–Crippen LogP) is 3.83. The van der Waals surface area contributed by atoms with Gasteiger partial charge in [-0.25, -0.2) is 0 Å². The quantitative estimate of drug-likeness (QED) is 0.589. The zero-order valence-electron chi connectivity index (χ0n) is 3.77. The van der Waals surface area contributed by atoms with Crippen molar-refractivity contribution in [1.82, 2.24) is 0 Å². The molecule has 1 aliphatic carbocycles. The van der Waals surface area contributed by atoms with Crippen LogP contribution in [0.25, 0.3) is 0 Å². The Morgan fingerprint density at radius 3 is 0.889 bits per heavy atom. The van der Waals surface area contributed by atoms with Gasteiger partial charge in [-0.3, -0.25) is 0 Å². The molecule has 0 aromatic rings. The van der Waals surface area contributed by atoms with E-state index in [2.05, 4.69) is 31.9 Å². The first-order chi connectivity index (χ1) is 3.75. The molecule has 0 aliphatic heterocycles. The summed E-state index contributed by atoms with van der Waals surface area (Å²) in [7, 11) is 0. The fraction of sp³-hybridized carbons (Fsp3) is 1.00. The summed E-state index contributed by atoms with van der Waals surface area (Å²) in [5.41, 5.74) is 0. The first-order valence-corrected chi connectivity index (χ1v) is 4.98. The Morgan fingerprint density at radius 1 is 0.778 bits per heavy atom. The lowest BCUT2D eigenvalue weighted by molar-refractivity contribution is 1.32. The van der Waals surface area contributed by atoms with Crippen LogP contribution in [0.3, 0.4) is 0 Å². The van der Waals surface area contributed by atoms with Crippen LogP contribution in [0.2, 0.25) is 0 Å². The van der Waals surface area contributed by atoms with Gasteiger partial charge in [0.15, 0.2) is 11.9 Å². The predicted molar refractivity (Wildman–Crippen MR) is 49.5 cm³/mol. The van der Waals surface area contributed by atoms with Gasteiger partial charge in [0, 0.05) is 0 Å². The summed E-state index contributed by atoms with van der Waals surface area (Å²) in [6.45, 7) is 0. The Morgan fingerprint density at radius 2 is 0.889 bits per heavy atom. The van der Waals surface area contributed by atoms with Gasteiger partial charge in [-0.1, -0.05) is 55.1 Å². The largest absolute Gasteiger partial charge is 0.181 e. The maximum absolute atomic E-state index is 5.70. The second kappa shape index (κ2) is 2.08. The zero-order valence-corrected chi connectivity index (χ0v) is 9.96. The number of hydrogen-bond acceptors (Lipinski definition) is 0. The minimum Gasteiger partial charge on any atom is -0.100 e. The van der Waals surface area contributed by atoms with Crippen LogP contribution in [0.5, 0.6) is 0 Å². The van der Waals surface area contributed by atoms with Crippen LogP contribution in [0, 0.1) is 0 Å². The molecule has 1 fully saturated rings. The molecule has 0 unspecified atom stereocenters. The van der Waals surface area contributed by atoms with E-state index in [0.29, 0.717) is 0 Å². The first kappa shape index (κ1) is 9.21. The fourth-order valence-electron chi connectivity index (χ4n) is 0.356. The second-order valence-corrected chi connectivity index (χ2v) is 7.48. The van der Waals surface area contributed by atoms with Gasteiger partial charge >= 0.3 is 0 Å². The van der Waals surface area contributed by atoms with Crippen LogP contribution in [0.15, 0.2) is 0 Å². The molecule has 54 valence electrons. The summed E-state index contributed by atoms with van der Waals surface area (Å²) in [6.07, 6.45) is 0. The number of rotatable bonds is 0. The van der Waals surface area contributed by atoms with Crippen molar-refractivity contribution in [3.05, 3.63) is 0 Å². The summed E-state index contributed by atoms with van der Waals surface area (Å²) in [5, 5.41) is 0. The molecule has 0 amide bonds. The van der Waals surface area contributed by atoms with Gasteiger partial charge in [0.1, 0.15) is 0 Å². The number of halogens is 6. The van der Waals surface area contributed by atoms with E-state index in [1.807, 2.05) is 0 Å². The molecule has 1 saturated carbocycles. The highest BCUT2D eigenvalue weighted by molar-refractivity contribution is 9.14. The average Bonchev–Trinajstić information content (AvgIpc) is 1.84. The third-order valence-corrected chi connectivity index (χ3v) is 8.15. The zero-order chi connectivity index (χ0) is 7.50. The lowest BCUT2D eigenvalue weighted by Crippen LogP contribution is -1.95. The molecule has 0 heterocycles. The van der Waals surface area contributed by atoms with Crippen LogP contribution < -0.4 is 0 Å². The molecule has 9 heavy (non-hydrogen) atoms. The van der Waals surface area contributed by atoms with Crippen LogP contribution in [-0.4, -0.2) is 11.9 Å². The molecule has 0 aromatic carbocycles. The van der Waals surface area contributed by atoms with Crippen molar-refractivity contribution in [1.29, 1.82) is 0 Å². The molecular formula is C3Br2Cl4. The topological polar surface area (TPSA) is 0 Å². The SMILES string of the molecule is ClC1(Cl)[C@](Cl)(Br)[C@]1(Cl)Br. The van der Waals surface area contributed by atoms with Crippen molar-refractivity contribution in [2.75, 3.05) is 0 Å². The first-order valence-electron chi connectivity index (χ1n) is 1.88. The Labute approximate surface area is 89.4 Å². The van der Waals surface area contributed by atoms with E-state index in [4.69, 9.17) is 46.4 Å². The van der Waals surface area contributed by atoms with Crippen molar-refractivity contribution in [2.45, 2.75) is 11.9 Å². The maximum Gasteiger partial charge on any atom is 0.181 e. The van der Waals surface area contributed by atoms with E-state index in [0.717, 1.165) is 0 Å². The second-order valence-electron chi connectivity index (χ2n) is 1.72. The highest BCUT2D eigenvalue weighted by atomic mass is 79.9. The Balaban J connectivity index is 2.91. The van der Waals surface area contributed by atoms with Crippen molar-refractivity contribution in [2.24, 2.45) is 0 Å². The summed E-state index contributed by atoms with van der Waals surface area (Å²) >= 11 is 28.8. The van der Waals surface area contributed by atoms with Gasteiger partial charge in [0.05, 0.1) is 0 Å². The Bertz CT molecular complexity index is 111. The smallest absolute Gasteiger partial charge is 0.100 e. The number of alkyl halides is 6. The van der Waals surface area contributed by atoms with Gasteiger partial charge < -0.3 is 0 Å². The van der Waals surface area contributed by atoms with Gasteiger partial charge in [-0.2, -0.15) is 0 Å². The summed E-state index contributed by atoms with van der Waals surface area (Å²) < 4.78 is -3.07. The standard InChI is InChI=1S/C3Br2Cl4/c4-1(6)2(5,7)3(1,8)9/t1-,2+. The van der Waals surface area contributed by atoms with Crippen LogP contribution in [0.1, 0.15) is 0 Å². The van der Waals surface area contributed by atoms with Gasteiger partial charge in [0.2, 0.25) is 0 Å². The monoisotopic (exact) mass is 334 g/mol. The average molecular weight is 338 g/mol. The molecule has 6 heteroatoms. The summed E-state index contributed by atoms with van der Waals surface area (Å²) in [5.74, 6) is 0. The lowest BCUT2D eigenvalue weighted by atomic mass is 10.9.